The summed E-state index contributed by atoms with van der Waals surface area (Å²) in [5.41, 5.74) is 1.90. The fraction of sp³-hybridized carbons (Fsp3) is 0.417. The van der Waals surface area contributed by atoms with Gasteiger partial charge in [-0.3, -0.25) is 9.59 Å². The average molecular weight is 451 g/mol. The van der Waals surface area contributed by atoms with Gasteiger partial charge in [-0.05, 0) is 55.5 Å². The second-order valence-electron chi connectivity index (χ2n) is 8.77. The molecule has 1 N–H and O–H groups in total. The molecule has 3 aromatic rings. The Bertz CT molecular complexity index is 1190. The number of hydrogen-bond donors (Lipinski definition) is 1. The lowest BCUT2D eigenvalue weighted by molar-refractivity contribution is -0.129. The van der Waals surface area contributed by atoms with Gasteiger partial charge in [0.25, 0.3) is 5.91 Å². The molecule has 0 saturated carbocycles. The van der Waals surface area contributed by atoms with E-state index in [-0.39, 0.29) is 29.7 Å². The number of carbonyl (C=O) groups excluding carboxylic acids is 2. The Morgan fingerprint density at radius 2 is 1.91 bits per heavy atom. The number of anilines is 1. The zero-order chi connectivity index (χ0) is 22.9. The van der Waals surface area contributed by atoms with Gasteiger partial charge in [0, 0.05) is 32.6 Å². The first-order valence-corrected chi connectivity index (χ1v) is 11.4. The third kappa shape index (κ3) is 4.27. The number of fused-ring (bicyclic) bond motifs is 1. The second kappa shape index (κ2) is 8.80. The summed E-state index contributed by atoms with van der Waals surface area (Å²) >= 11 is 0. The van der Waals surface area contributed by atoms with Crippen LogP contribution in [0, 0.1) is 5.82 Å². The molecule has 172 valence electrons. The summed E-state index contributed by atoms with van der Waals surface area (Å²) in [4.78, 5) is 32.8. The maximum absolute atomic E-state index is 13.8. The number of hydrogen-bond acceptors (Lipinski definition) is 5. The maximum Gasteiger partial charge on any atom is 0.271 e. The number of amides is 2. The van der Waals surface area contributed by atoms with Crippen molar-refractivity contribution in [2.75, 3.05) is 24.5 Å². The van der Waals surface area contributed by atoms with Crippen LogP contribution in [0.1, 0.15) is 54.7 Å². The molecule has 1 aromatic carbocycles. The molecule has 2 saturated heterocycles. The summed E-state index contributed by atoms with van der Waals surface area (Å²) in [5, 5.41) is 7.81. The summed E-state index contributed by atoms with van der Waals surface area (Å²) in [7, 11) is 0. The van der Waals surface area contributed by atoms with E-state index in [1.54, 1.807) is 34.7 Å². The van der Waals surface area contributed by atoms with Gasteiger partial charge in [-0.1, -0.05) is 12.1 Å². The van der Waals surface area contributed by atoms with Crippen molar-refractivity contribution in [1.29, 1.82) is 0 Å². The minimum atomic E-state index is -0.245. The number of carbonyl (C=O) groups is 2. The lowest BCUT2D eigenvalue weighted by atomic mass is 10.0. The van der Waals surface area contributed by atoms with Gasteiger partial charge in [-0.25, -0.2) is 13.9 Å². The van der Waals surface area contributed by atoms with Crippen LogP contribution in [0.2, 0.25) is 0 Å². The molecule has 8 nitrogen and oxygen atoms in total. The van der Waals surface area contributed by atoms with Gasteiger partial charge in [0.1, 0.15) is 11.6 Å². The molecule has 2 aliphatic heterocycles. The smallest absolute Gasteiger partial charge is 0.271 e. The van der Waals surface area contributed by atoms with E-state index in [9.17, 15) is 14.0 Å². The standard InChI is InChI=1S/C24H27FN6O2/c1-16(32)29-12-9-19(10-13-29)27-24(33)21-15-26-22-7-8-23(28-31(21)22)30-11-3-6-20(30)17-4-2-5-18(25)14-17/h2,4-5,7-8,14-15,19-20H,3,6,9-13H2,1H3,(H,27,33)/t20-/m1/s1. The quantitative estimate of drug-likeness (QED) is 0.661. The molecular formula is C24H27FN6O2. The first-order chi connectivity index (χ1) is 16.0. The Hall–Kier alpha value is -3.49. The lowest BCUT2D eigenvalue weighted by Gasteiger charge is -2.31. The number of imidazole rings is 1. The second-order valence-corrected chi connectivity index (χ2v) is 8.77. The Morgan fingerprint density at radius 3 is 2.67 bits per heavy atom. The van der Waals surface area contributed by atoms with Crippen molar-refractivity contribution in [3.63, 3.8) is 0 Å². The molecule has 1 atom stereocenters. The summed E-state index contributed by atoms with van der Waals surface area (Å²) in [6, 6.07) is 10.5. The normalized spacial score (nSPS) is 19.3. The van der Waals surface area contributed by atoms with Crippen LogP contribution in [0.4, 0.5) is 10.2 Å². The van der Waals surface area contributed by atoms with Gasteiger partial charge in [-0.2, -0.15) is 0 Å². The summed E-state index contributed by atoms with van der Waals surface area (Å²) < 4.78 is 15.4. The number of halogens is 1. The van der Waals surface area contributed by atoms with Crippen LogP contribution in [-0.4, -0.2) is 57.0 Å². The van der Waals surface area contributed by atoms with Crippen molar-refractivity contribution in [1.82, 2.24) is 24.8 Å². The van der Waals surface area contributed by atoms with Gasteiger partial charge in [0.15, 0.2) is 11.3 Å². The highest BCUT2D eigenvalue weighted by molar-refractivity contribution is 5.93. The van der Waals surface area contributed by atoms with Gasteiger partial charge in [0.2, 0.25) is 5.91 Å². The third-order valence-corrected chi connectivity index (χ3v) is 6.64. The zero-order valence-electron chi connectivity index (χ0n) is 18.6. The van der Waals surface area contributed by atoms with Crippen LogP contribution in [0.5, 0.6) is 0 Å². The van der Waals surface area contributed by atoms with Crippen molar-refractivity contribution in [2.45, 2.75) is 44.7 Å². The zero-order valence-corrected chi connectivity index (χ0v) is 18.6. The van der Waals surface area contributed by atoms with E-state index in [1.165, 1.54) is 6.07 Å². The van der Waals surface area contributed by atoms with E-state index in [0.29, 0.717) is 24.4 Å². The van der Waals surface area contributed by atoms with Crippen molar-refractivity contribution >= 4 is 23.3 Å². The third-order valence-electron chi connectivity index (χ3n) is 6.64. The molecule has 33 heavy (non-hydrogen) atoms. The van der Waals surface area contributed by atoms with Gasteiger partial charge < -0.3 is 15.1 Å². The van der Waals surface area contributed by atoms with Crippen LogP contribution in [0.25, 0.3) is 5.65 Å². The minimum absolute atomic E-state index is 0.0118. The van der Waals surface area contributed by atoms with Crippen LogP contribution in [-0.2, 0) is 4.79 Å². The van der Waals surface area contributed by atoms with Crippen LogP contribution >= 0.6 is 0 Å². The van der Waals surface area contributed by atoms with E-state index >= 15 is 0 Å². The lowest BCUT2D eigenvalue weighted by Crippen LogP contribution is -2.46. The SMILES string of the molecule is CC(=O)N1CCC(NC(=O)c2cnc3ccc(N4CCC[C@@H]4c4cccc(F)c4)nn23)CC1. The molecule has 9 heteroatoms. The van der Waals surface area contributed by atoms with E-state index in [1.807, 2.05) is 18.2 Å². The predicted octanol–water partition coefficient (Wildman–Crippen LogP) is 2.95. The largest absolute Gasteiger partial charge is 0.348 e. The summed E-state index contributed by atoms with van der Waals surface area (Å²) in [5.74, 6) is 0.329. The van der Waals surface area contributed by atoms with Crippen LogP contribution < -0.4 is 10.2 Å². The molecule has 2 aromatic heterocycles. The number of nitrogens with one attached hydrogen (secondary N) is 1. The summed E-state index contributed by atoms with van der Waals surface area (Å²) in [6.45, 7) is 3.67. The number of rotatable bonds is 4. The fourth-order valence-electron chi connectivity index (χ4n) is 4.87. The number of nitrogens with zero attached hydrogens (tertiary/aromatic N) is 5. The number of likely N-dealkylation sites (tertiary alicyclic amines) is 1. The fourth-order valence-corrected chi connectivity index (χ4v) is 4.87. The molecule has 2 amide bonds. The maximum atomic E-state index is 13.8. The van der Waals surface area contributed by atoms with Crippen molar-refractivity contribution in [2.24, 2.45) is 0 Å². The minimum Gasteiger partial charge on any atom is -0.348 e. The van der Waals surface area contributed by atoms with E-state index in [0.717, 1.165) is 43.6 Å². The number of benzene rings is 1. The highest BCUT2D eigenvalue weighted by Gasteiger charge is 2.29. The molecule has 0 unspecified atom stereocenters. The molecule has 2 fully saturated rings. The molecule has 0 spiro atoms. The van der Waals surface area contributed by atoms with Crippen molar-refractivity contribution in [3.8, 4) is 0 Å². The summed E-state index contributed by atoms with van der Waals surface area (Å²) in [6.07, 6.45) is 4.89. The molecule has 0 bridgehead atoms. The first-order valence-electron chi connectivity index (χ1n) is 11.4. The number of aromatic nitrogens is 3. The van der Waals surface area contributed by atoms with Crippen molar-refractivity contribution in [3.05, 3.63) is 59.7 Å². The first kappa shape index (κ1) is 21.4. The molecule has 0 radical (unpaired) electrons. The monoisotopic (exact) mass is 450 g/mol. The molecule has 4 heterocycles. The Morgan fingerprint density at radius 1 is 1.09 bits per heavy atom. The predicted molar refractivity (Wildman–Crippen MR) is 121 cm³/mol. The Labute approximate surface area is 191 Å². The average Bonchev–Trinajstić information content (AvgIpc) is 3.46. The highest BCUT2D eigenvalue weighted by atomic mass is 19.1. The number of piperidine rings is 1. The van der Waals surface area contributed by atoms with Gasteiger partial charge in [-0.15, -0.1) is 5.10 Å². The molecule has 5 rings (SSSR count). The molecule has 2 aliphatic rings. The van der Waals surface area contributed by atoms with Gasteiger partial charge >= 0.3 is 0 Å². The Balaban J connectivity index is 1.36. The molecular weight excluding hydrogens is 423 g/mol. The van der Waals surface area contributed by atoms with Crippen LogP contribution in [0.15, 0.2) is 42.6 Å². The highest BCUT2D eigenvalue weighted by Crippen LogP contribution is 2.35. The topological polar surface area (TPSA) is 82.8 Å². The Kier molecular flexibility index (Phi) is 5.70. The van der Waals surface area contributed by atoms with Crippen molar-refractivity contribution < 1.29 is 14.0 Å². The van der Waals surface area contributed by atoms with Gasteiger partial charge in [0.05, 0.1) is 12.2 Å². The van der Waals surface area contributed by atoms with Crippen LogP contribution in [0.3, 0.4) is 0 Å². The van der Waals surface area contributed by atoms with E-state index < -0.39 is 0 Å². The van der Waals surface area contributed by atoms with E-state index in [2.05, 4.69) is 15.2 Å². The van der Waals surface area contributed by atoms with E-state index in [4.69, 9.17) is 5.10 Å². The molecule has 0 aliphatic carbocycles.